The lowest BCUT2D eigenvalue weighted by Gasteiger charge is -2.15. The molecule has 0 aliphatic rings. The highest BCUT2D eigenvalue weighted by atomic mass is 16.5. The fraction of sp³-hybridized carbons (Fsp3) is 0.154. The molecule has 0 aliphatic carbocycles. The molecule has 1 atom stereocenters. The van der Waals surface area contributed by atoms with Gasteiger partial charge in [-0.1, -0.05) is 84.9 Å². The third-order valence-electron chi connectivity index (χ3n) is 4.93. The highest BCUT2D eigenvalue weighted by Crippen LogP contribution is 2.12. The van der Waals surface area contributed by atoms with Crippen molar-refractivity contribution in [2.45, 2.75) is 19.1 Å². The van der Waals surface area contributed by atoms with Crippen LogP contribution in [-0.2, 0) is 27.4 Å². The lowest BCUT2D eigenvalue weighted by Crippen LogP contribution is -2.46. The van der Waals surface area contributed by atoms with Gasteiger partial charge in [0.1, 0.15) is 19.2 Å². The Morgan fingerprint density at radius 3 is 1.97 bits per heavy atom. The summed E-state index contributed by atoms with van der Waals surface area (Å²) in [5.74, 6) is -2.02. The number of benzene rings is 3. The average Bonchev–Trinajstić information content (AvgIpc) is 2.87. The van der Waals surface area contributed by atoms with Gasteiger partial charge >= 0.3 is 12.1 Å². The zero-order valence-electron chi connectivity index (χ0n) is 18.3. The molecule has 0 fully saturated rings. The van der Waals surface area contributed by atoms with E-state index in [4.69, 9.17) is 4.74 Å². The first-order chi connectivity index (χ1) is 16.4. The maximum atomic E-state index is 12.5. The predicted octanol–water partition coefficient (Wildman–Crippen LogP) is 2.96. The summed E-state index contributed by atoms with van der Waals surface area (Å²) in [6.07, 6.45) is -0.774. The van der Waals surface area contributed by atoms with E-state index in [1.54, 1.807) is 60.7 Å². The Bertz CT molecular complexity index is 1130. The molecule has 3 N–H and O–H groups in total. The number of ether oxygens (including phenoxy) is 1. The number of hydrogen-bond acceptors (Lipinski definition) is 5. The summed E-state index contributed by atoms with van der Waals surface area (Å²) in [5, 5.41) is 14.2. The molecule has 34 heavy (non-hydrogen) atoms. The number of hydrogen-bond donors (Lipinski definition) is 3. The molecule has 0 bridgehead atoms. The molecule has 3 aromatic carbocycles. The maximum Gasteiger partial charge on any atom is 0.407 e. The summed E-state index contributed by atoms with van der Waals surface area (Å²) in [7, 11) is 0. The lowest BCUT2D eigenvalue weighted by molar-refractivity contribution is -0.141. The molecule has 174 valence electrons. The fourth-order valence-corrected chi connectivity index (χ4v) is 3.16. The monoisotopic (exact) mass is 460 g/mol. The van der Waals surface area contributed by atoms with Crippen LogP contribution in [0.5, 0.6) is 0 Å². The van der Waals surface area contributed by atoms with Gasteiger partial charge in [0.05, 0.1) is 0 Å². The first kappa shape index (κ1) is 24.2. The molecule has 0 heterocycles. The Morgan fingerprint density at radius 1 is 0.765 bits per heavy atom. The zero-order chi connectivity index (χ0) is 24.3. The smallest absolute Gasteiger partial charge is 0.407 e. The van der Waals surface area contributed by atoms with E-state index in [0.717, 1.165) is 5.56 Å². The van der Waals surface area contributed by atoms with E-state index in [0.29, 0.717) is 16.7 Å². The molecule has 3 rings (SSSR count). The van der Waals surface area contributed by atoms with Crippen LogP contribution in [0.15, 0.2) is 84.9 Å². The summed E-state index contributed by atoms with van der Waals surface area (Å²) in [6.45, 7) is -0.378. The van der Waals surface area contributed by atoms with Crippen molar-refractivity contribution >= 4 is 23.8 Å². The largest absolute Gasteiger partial charge is 0.480 e. The minimum absolute atomic E-state index is 0.0132. The van der Waals surface area contributed by atoms with Gasteiger partial charge in [-0.05, 0) is 11.1 Å². The van der Waals surface area contributed by atoms with E-state index >= 15 is 0 Å². The van der Waals surface area contributed by atoms with Crippen molar-refractivity contribution < 1.29 is 29.0 Å². The molecule has 0 aromatic heterocycles. The van der Waals surface area contributed by atoms with E-state index in [1.165, 1.54) is 0 Å². The quantitative estimate of drug-likeness (QED) is 0.400. The van der Waals surface area contributed by atoms with Crippen molar-refractivity contribution in [3.05, 3.63) is 107 Å². The Morgan fingerprint density at radius 2 is 1.35 bits per heavy atom. The molecule has 0 radical (unpaired) electrons. The number of carboxylic acids is 1. The Labute approximate surface area is 196 Å². The normalized spacial score (nSPS) is 11.2. The number of rotatable bonds is 10. The summed E-state index contributed by atoms with van der Waals surface area (Å²) in [4.78, 5) is 48.0. The van der Waals surface area contributed by atoms with Crippen LogP contribution in [0.1, 0.15) is 27.0 Å². The fourth-order valence-electron chi connectivity index (χ4n) is 3.16. The van der Waals surface area contributed by atoms with Gasteiger partial charge in [0.25, 0.3) is 0 Å². The lowest BCUT2D eigenvalue weighted by atomic mass is 9.99. The van der Waals surface area contributed by atoms with Gasteiger partial charge in [0.15, 0.2) is 5.78 Å². The second-order valence-corrected chi connectivity index (χ2v) is 7.47. The number of carbonyl (C=O) groups is 4. The van der Waals surface area contributed by atoms with Crippen LogP contribution in [0.2, 0.25) is 0 Å². The van der Waals surface area contributed by atoms with E-state index in [1.807, 2.05) is 24.3 Å². The second kappa shape index (κ2) is 12.0. The van der Waals surface area contributed by atoms with Crippen LogP contribution in [0.3, 0.4) is 0 Å². The molecule has 3 aromatic rings. The first-order valence-corrected chi connectivity index (χ1v) is 10.6. The number of carboxylic acid groups (broad SMARTS) is 1. The number of amides is 2. The summed E-state index contributed by atoms with van der Waals surface area (Å²) in [5.41, 5.74) is 2.46. The van der Waals surface area contributed by atoms with Gasteiger partial charge in [-0.3, -0.25) is 9.59 Å². The topological polar surface area (TPSA) is 122 Å². The molecular weight excluding hydrogens is 436 g/mol. The van der Waals surface area contributed by atoms with Crippen molar-refractivity contribution in [3.63, 3.8) is 0 Å². The van der Waals surface area contributed by atoms with Gasteiger partial charge in [0.2, 0.25) is 5.91 Å². The minimum Gasteiger partial charge on any atom is -0.480 e. The first-order valence-electron chi connectivity index (χ1n) is 10.6. The molecular formula is C26H24N2O6. The number of nitrogens with one attached hydrogen (secondary N) is 2. The third kappa shape index (κ3) is 7.30. The number of ketones is 1. The molecule has 0 saturated carbocycles. The number of carbonyl (C=O) groups excluding carboxylic acids is 3. The summed E-state index contributed by atoms with van der Waals surface area (Å²) in [6, 6.07) is 23.2. The molecule has 8 heteroatoms. The van der Waals surface area contributed by atoms with Crippen molar-refractivity contribution in [2.24, 2.45) is 0 Å². The zero-order valence-corrected chi connectivity index (χ0v) is 18.3. The van der Waals surface area contributed by atoms with Crippen LogP contribution in [0.4, 0.5) is 4.79 Å². The van der Waals surface area contributed by atoms with Gasteiger partial charge in [-0.25, -0.2) is 9.59 Å². The standard InChI is InChI=1S/C26H24N2O6/c29-23(16-27-26(33)34-17-19-7-3-1-4-8-19)28-22(25(31)32)15-18-11-13-21(14-12-18)24(30)20-9-5-2-6-10-20/h1-14,22H,15-17H2,(H,27,33)(H,28,29)(H,31,32)/t22-/m1/s1. The van der Waals surface area contributed by atoms with Crippen molar-refractivity contribution in [3.8, 4) is 0 Å². The van der Waals surface area contributed by atoms with Crippen molar-refractivity contribution in [2.75, 3.05) is 6.54 Å². The van der Waals surface area contributed by atoms with E-state index in [2.05, 4.69) is 10.6 Å². The number of aliphatic carboxylic acids is 1. The molecule has 0 unspecified atom stereocenters. The molecule has 0 aliphatic heterocycles. The van der Waals surface area contributed by atoms with Crippen LogP contribution in [-0.4, -0.2) is 41.4 Å². The highest BCUT2D eigenvalue weighted by Gasteiger charge is 2.21. The molecule has 0 saturated heterocycles. The maximum absolute atomic E-state index is 12.5. The molecule has 0 spiro atoms. The van der Waals surface area contributed by atoms with Crippen LogP contribution >= 0.6 is 0 Å². The Kier molecular flexibility index (Phi) is 8.51. The van der Waals surface area contributed by atoms with E-state index < -0.39 is 30.6 Å². The van der Waals surface area contributed by atoms with Crippen LogP contribution in [0.25, 0.3) is 0 Å². The molecule has 2 amide bonds. The van der Waals surface area contributed by atoms with Crippen LogP contribution in [0, 0.1) is 0 Å². The third-order valence-corrected chi connectivity index (χ3v) is 4.93. The van der Waals surface area contributed by atoms with Gasteiger partial charge in [0, 0.05) is 17.5 Å². The predicted molar refractivity (Wildman–Crippen MR) is 124 cm³/mol. The van der Waals surface area contributed by atoms with Gasteiger partial charge in [-0.15, -0.1) is 0 Å². The van der Waals surface area contributed by atoms with Crippen LogP contribution < -0.4 is 10.6 Å². The summed E-state index contributed by atoms with van der Waals surface area (Å²) < 4.78 is 5.02. The summed E-state index contributed by atoms with van der Waals surface area (Å²) >= 11 is 0. The SMILES string of the molecule is O=C(CNC(=O)OCc1ccccc1)N[C@H](Cc1ccc(C(=O)c2ccccc2)cc1)C(=O)O. The Hall–Kier alpha value is -4.46. The van der Waals surface area contributed by atoms with E-state index in [9.17, 15) is 24.3 Å². The Balaban J connectivity index is 1.48. The van der Waals surface area contributed by atoms with Crippen molar-refractivity contribution in [1.29, 1.82) is 0 Å². The minimum atomic E-state index is -1.22. The average molecular weight is 460 g/mol. The van der Waals surface area contributed by atoms with Crippen molar-refractivity contribution in [1.82, 2.24) is 10.6 Å². The van der Waals surface area contributed by atoms with E-state index in [-0.39, 0.29) is 18.8 Å². The highest BCUT2D eigenvalue weighted by molar-refractivity contribution is 6.08. The second-order valence-electron chi connectivity index (χ2n) is 7.47. The molecule has 8 nitrogen and oxygen atoms in total. The van der Waals surface area contributed by atoms with Gasteiger partial charge < -0.3 is 20.5 Å². The van der Waals surface area contributed by atoms with Gasteiger partial charge in [-0.2, -0.15) is 0 Å². The number of alkyl carbamates (subject to hydrolysis) is 1.